The van der Waals surface area contributed by atoms with Gasteiger partial charge < -0.3 is 4.90 Å². The summed E-state index contributed by atoms with van der Waals surface area (Å²) in [5.74, 6) is 0.333. The van der Waals surface area contributed by atoms with Crippen molar-refractivity contribution in [2.75, 3.05) is 33.2 Å². The number of hydrogen-bond acceptors (Lipinski definition) is 3. The van der Waals surface area contributed by atoms with E-state index < -0.39 is 0 Å². The van der Waals surface area contributed by atoms with Crippen LogP contribution in [0.3, 0.4) is 0 Å². The first-order chi connectivity index (χ1) is 9.69. The van der Waals surface area contributed by atoms with E-state index in [-0.39, 0.29) is 0 Å². The van der Waals surface area contributed by atoms with Crippen molar-refractivity contribution >= 4 is 5.78 Å². The maximum Gasteiger partial charge on any atom is 0.151 e. The van der Waals surface area contributed by atoms with Crippen LogP contribution in [0.25, 0.3) is 0 Å². The van der Waals surface area contributed by atoms with Crippen LogP contribution in [0.5, 0.6) is 0 Å². The summed E-state index contributed by atoms with van der Waals surface area (Å²) in [7, 11) is 2.18. The van der Waals surface area contributed by atoms with Crippen LogP contribution in [0.4, 0.5) is 0 Å². The predicted molar refractivity (Wildman–Crippen MR) is 82.9 cm³/mol. The molecule has 1 saturated heterocycles. The number of Topliss-reactive ketones (excluding diaryl/α,β-unsaturated/α-hetero) is 1. The molecule has 0 N–H and O–H groups in total. The van der Waals surface area contributed by atoms with E-state index in [2.05, 4.69) is 23.8 Å². The van der Waals surface area contributed by atoms with Crippen molar-refractivity contribution in [2.45, 2.75) is 32.2 Å². The summed E-state index contributed by atoms with van der Waals surface area (Å²) in [6.45, 7) is 6.08. The summed E-state index contributed by atoms with van der Waals surface area (Å²) in [6.07, 6.45) is 2.83. The van der Waals surface area contributed by atoms with E-state index in [1.54, 1.807) is 0 Å². The lowest BCUT2D eigenvalue weighted by Gasteiger charge is -2.29. The minimum atomic E-state index is 0.333. The molecular formula is C17H26N2O. The van der Waals surface area contributed by atoms with E-state index in [0.717, 1.165) is 38.0 Å². The Balaban J connectivity index is 1.91. The molecule has 1 aromatic rings. The number of benzene rings is 1. The summed E-state index contributed by atoms with van der Waals surface area (Å²) in [6, 6.07) is 10.6. The second kappa shape index (κ2) is 7.55. The van der Waals surface area contributed by atoms with Gasteiger partial charge in [0.25, 0.3) is 0 Å². The van der Waals surface area contributed by atoms with Crippen LogP contribution in [0.15, 0.2) is 30.3 Å². The Labute approximate surface area is 122 Å². The number of hydrogen-bond donors (Lipinski definition) is 0. The van der Waals surface area contributed by atoms with E-state index in [1.807, 2.05) is 30.3 Å². The van der Waals surface area contributed by atoms with Crippen molar-refractivity contribution in [1.29, 1.82) is 0 Å². The second-order valence-corrected chi connectivity index (χ2v) is 5.85. The number of likely N-dealkylation sites (N-methyl/N-ethyl adjacent to an activating group) is 1. The molecule has 1 aliphatic heterocycles. The normalized spacial score (nSPS) is 21.6. The number of ketones is 1. The zero-order valence-corrected chi connectivity index (χ0v) is 12.7. The third-order valence-electron chi connectivity index (χ3n) is 4.12. The fraction of sp³-hybridized carbons (Fsp3) is 0.588. The molecule has 3 heteroatoms. The Morgan fingerprint density at radius 3 is 2.70 bits per heavy atom. The van der Waals surface area contributed by atoms with E-state index in [9.17, 15) is 4.79 Å². The molecule has 1 aromatic carbocycles. The van der Waals surface area contributed by atoms with Gasteiger partial charge in [0.15, 0.2) is 5.78 Å². The van der Waals surface area contributed by atoms with Crippen molar-refractivity contribution < 1.29 is 4.79 Å². The standard InChI is InChI=1S/C17H26N2O/c1-3-16-13-18(2)10-7-11-19(16)14-17(20)12-15-8-5-4-6-9-15/h4-6,8-9,16H,3,7,10-14H2,1-2H3. The van der Waals surface area contributed by atoms with Crippen molar-refractivity contribution in [2.24, 2.45) is 0 Å². The first-order valence-corrected chi connectivity index (χ1v) is 7.67. The zero-order valence-electron chi connectivity index (χ0n) is 12.7. The minimum absolute atomic E-state index is 0.333. The van der Waals surface area contributed by atoms with Crippen LogP contribution >= 0.6 is 0 Å². The van der Waals surface area contributed by atoms with Gasteiger partial charge in [-0.2, -0.15) is 0 Å². The van der Waals surface area contributed by atoms with Crippen LogP contribution < -0.4 is 0 Å². The van der Waals surface area contributed by atoms with Gasteiger partial charge in [0.05, 0.1) is 6.54 Å². The first-order valence-electron chi connectivity index (χ1n) is 7.67. The highest BCUT2D eigenvalue weighted by Crippen LogP contribution is 2.12. The average molecular weight is 274 g/mol. The van der Waals surface area contributed by atoms with Crippen molar-refractivity contribution in [3.8, 4) is 0 Å². The number of carbonyl (C=O) groups is 1. The van der Waals surface area contributed by atoms with Gasteiger partial charge in [-0.25, -0.2) is 0 Å². The Morgan fingerprint density at radius 1 is 1.25 bits per heavy atom. The molecular weight excluding hydrogens is 248 g/mol. The van der Waals surface area contributed by atoms with Gasteiger partial charge in [0.2, 0.25) is 0 Å². The van der Waals surface area contributed by atoms with Crippen molar-refractivity contribution in [3.05, 3.63) is 35.9 Å². The third-order valence-corrected chi connectivity index (χ3v) is 4.12. The molecule has 1 atom stereocenters. The fourth-order valence-corrected chi connectivity index (χ4v) is 2.99. The maximum atomic E-state index is 12.3. The SMILES string of the molecule is CCC1CN(C)CCCN1CC(=O)Cc1ccccc1. The molecule has 3 nitrogen and oxygen atoms in total. The van der Waals surface area contributed by atoms with Crippen LogP contribution in [-0.4, -0.2) is 54.9 Å². The molecule has 0 aliphatic carbocycles. The number of nitrogens with zero attached hydrogens (tertiary/aromatic N) is 2. The Morgan fingerprint density at radius 2 is 2.00 bits per heavy atom. The smallest absolute Gasteiger partial charge is 0.151 e. The third kappa shape index (κ3) is 4.43. The molecule has 0 spiro atoms. The average Bonchev–Trinajstić information content (AvgIpc) is 2.61. The molecule has 0 saturated carbocycles. The lowest BCUT2D eigenvalue weighted by Crippen LogP contribution is -2.42. The van der Waals surface area contributed by atoms with Gasteiger partial charge in [-0.05, 0) is 32.0 Å². The molecule has 0 aromatic heterocycles. The van der Waals surface area contributed by atoms with E-state index >= 15 is 0 Å². The highest BCUT2D eigenvalue weighted by atomic mass is 16.1. The topological polar surface area (TPSA) is 23.6 Å². The van der Waals surface area contributed by atoms with E-state index in [0.29, 0.717) is 24.8 Å². The van der Waals surface area contributed by atoms with Crippen LogP contribution in [-0.2, 0) is 11.2 Å². The Kier molecular flexibility index (Phi) is 5.74. The number of rotatable bonds is 5. The Bertz CT molecular complexity index is 418. The lowest BCUT2D eigenvalue weighted by atomic mass is 10.1. The van der Waals surface area contributed by atoms with Crippen molar-refractivity contribution in [1.82, 2.24) is 9.80 Å². The quantitative estimate of drug-likeness (QED) is 0.822. The molecule has 110 valence electrons. The monoisotopic (exact) mass is 274 g/mol. The van der Waals surface area contributed by atoms with Gasteiger partial charge in [0, 0.05) is 25.6 Å². The first kappa shape index (κ1) is 15.2. The zero-order chi connectivity index (χ0) is 14.4. The fourth-order valence-electron chi connectivity index (χ4n) is 2.99. The molecule has 0 amide bonds. The van der Waals surface area contributed by atoms with Gasteiger partial charge >= 0.3 is 0 Å². The van der Waals surface area contributed by atoms with Crippen molar-refractivity contribution in [3.63, 3.8) is 0 Å². The molecule has 0 bridgehead atoms. The van der Waals surface area contributed by atoms with Gasteiger partial charge in [-0.1, -0.05) is 37.3 Å². The summed E-state index contributed by atoms with van der Waals surface area (Å²) >= 11 is 0. The van der Waals surface area contributed by atoms with Crippen LogP contribution in [0.1, 0.15) is 25.3 Å². The summed E-state index contributed by atoms with van der Waals surface area (Å²) in [5, 5.41) is 0. The summed E-state index contributed by atoms with van der Waals surface area (Å²) in [4.78, 5) is 17.0. The maximum absolute atomic E-state index is 12.3. The highest BCUT2D eigenvalue weighted by molar-refractivity contribution is 5.82. The van der Waals surface area contributed by atoms with E-state index in [4.69, 9.17) is 0 Å². The largest absolute Gasteiger partial charge is 0.305 e. The van der Waals surface area contributed by atoms with Crippen LogP contribution in [0, 0.1) is 0 Å². The molecule has 0 radical (unpaired) electrons. The van der Waals surface area contributed by atoms with E-state index in [1.165, 1.54) is 0 Å². The predicted octanol–water partition coefficient (Wildman–Crippen LogP) is 2.21. The molecule has 1 aliphatic rings. The molecule has 1 fully saturated rings. The number of carbonyl (C=O) groups excluding carboxylic acids is 1. The van der Waals surface area contributed by atoms with Crippen LogP contribution in [0.2, 0.25) is 0 Å². The second-order valence-electron chi connectivity index (χ2n) is 5.85. The molecule has 20 heavy (non-hydrogen) atoms. The van der Waals surface area contributed by atoms with Gasteiger partial charge in [0.1, 0.15) is 0 Å². The Hall–Kier alpha value is -1.19. The van der Waals surface area contributed by atoms with Gasteiger partial charge in [-0.3, -0.25) is 9.69 Å². The minimum Gasteiger partial charge on any atom is -0.305 e. The highest BCUT2D eigenvalue weighted by Gasteiger charge is 2.23. The lowest BCUT2D eigenvalue weighted by molar-refractivity contribution is -0.120. The molecule has 1 unspecified atom stereocenters. The van der Waals surface area contributed by atoms with Gasteiger partial charge in [-0.15, -0.1) is 0 Å². The summed E-state index contributed by atoms with van der Waals surface area (Å²) < 4.78 is 0. The molecule has 2 rings (SSSR count). The molecule has 1 heterocycles. The summed E-state index contributed by atoms with van der Waals surface area (Å²) in [5.41, 5.74) is 1.12.